The molecule has 2 aromatic carbocycles. The Morgan fingerprint density at radius 2 is 1.92 bits per heavy atom. The van der Waals surface area contributed by atoms with Crippen molar-refractivity contribution in [2.24, 2.45) is 0 Å². The number of benzene rings is 2. The minimum absolute atomic E-state index is 0.219. The molecule has 1 N–H and O–H groups in total. The SMILES string of the molecule is O=C(Nc1c(Br)cc(Br)cc1-c1nc2ccccc2s1)c1cccnc1. The number of aromatic nitrogens is 2. The molecule has 0 atom stereocenters. The van der Waals surface area contributed by atoms with Gasteiger partial charge in [0, 0.05) is 26.9 Å². The molecule has 0 aliphatic carbocycles. The van der Waals surface area contributed by atoms with Crippen LogP contribution in [0, 0.1) is 0 Å². The first-order valence-corrected chi connectivity index (χ1v) is 10.1. The standard InChI is InChI=1S/C19H11Br2N3OS/c20-12-8-13(19-23-15-5-1-2-6-16(15)26-19)17(14(21)9-12)24-18(25)11-4-3-7-22-10-11/h1-10H,(H,24,25). The Bertz CT molecular complexity index is 1080. The molecule has 4 nitrogen and oxygen atoms in total. The van der Waals surface area contributed by atoms with Gasteiger partial charge in [0.05, 0.1) is 21.5 Å². The Kier molecular flexibility index (Phi) is 4.84. The van der Waals surface area contributed by atoms with Crippen molar-refractivity contribution in [3.8, 4) is 10.6 Å². The summed E-state index contributed by atoms with van der Waals surface area (Å²) in [5, 5.41) is 3.83. The topological polar surface area (TPSA) is 54.9 Å². The number of amides is 1. The van der Waals surface area contributed by atoms with Crippen LogP contribution in [0.4, 0.5) is 5.69 Å². The summed E-state index contributed by atoms with van der Waals surface area (Å²) in [6.07, 6.45) is 3.18. The van der Waals surface area contributed by atoms with Crippen molar-refractivity contribution < 1.29 is 4.79 Å². The second-order valence-corrected chi connectivity index (χ2v) is 8.29. The highest BCUT2D eigenvalue weighted by Crippen LogP contribution is 2.40. The zero-order valence-corrected chi connectivity index (χ0v) is 17.2. The maximum absolute atomic E-state index is 12.6. The molecule has 2 aromatic heterocycles. The summed E-state index contributed by atoms with van der Waals surface area (Å²) in [5.74, 6) is -0.219. The zero-order valence-electron chi connectivity index (χ0n) is 13.2. The molecule has 26 heavy (non-hydrogen) atoms. The van der Waals surface area contributed by atoms with Crippen LogP contribution >= 0.6 is 43.2 Å². The normalized spacial score (nSPS) is 10.8. The quantitative estimate of drug-likeness (QED) is 0.377. The molecule has 0 saturated heterocycles. The van der Waals surface area contributed by atoms with Crippen LogP contribution in [-0.2, 0) is 0 Å². The van der Waals surface area contributed by atoms with Gasteiger partial charge in [-0.05, 0) is 52.3 Å². The first kappa shape index (κ1) is 17.3. The van der Waals surface area contributed by atoms with E-state index >= 15 is 0 Å². The first-order chi connectivity index (χ1) is 12.6. The molecular weight excluding hydrogens is 478 g/mol. The first-order valence-electron chi connectivity index (χ1n) is 7.68. The van der Waals surface area contributed by atoms with Gasteiger partial charge in [-0.3, -0.25) is 9.78 Å². The molecule has 0 radical (unpaired) electrons. The second-order valence-electron chi connectivity index (χ2n) is 5.49. The number of para-hydroxylation sites is 1. The minimum atomic E-state index is -0.219. The summed E-state index contributed by atoms with van der Waals surface area (Å²) in [5.41, 5.74) is 2.97. The van der Waals surface area contributed by atoms with E-state index in [4.69, 9.17) is 4.98 Å². The summed E-state index contributed by atoms with van der Waals surface area (Å²) in [6.45, 7) is 0. The van der Waals surface area contributed by atoms with Crippen molar-refractivity contribution in [3.63, 3.8) is 0 Å². The molecule has 0 fully saturated rings. The third-order valence-electron chi connectivity index (χ3n) is 3.74. The molecule has 0 unspecified atom stereocenters. The van der Waals surface area contributed by atoms with Gasteiger partial charge in [0.25, 0.3) is 5.91 Å². The van der Waals surface area contributed by atoms with E-state index in [-0.39, 0.29) is 5.91 Å². The molecule has 128 valence electrons. The molecule has 0 spiro atoms. The van der Waals surface area contributed by atoms with Crippen LogP contribution in [0.25, 0.3) is 20.8 Å². The lowest BCUT2D eigenvalue weighted by Gasteiger charge is -2.12. The fourth-order valence-electron chi connectivity index (χ4n) is 2.54. The number of rotatable bonds is 3. The number of carbonyl (C=O) groups is 1. The highest BCUT2D eigenvalue weighted by Gasteiger charge is 2.17. The van der Waals surface area contributed by atoms with Crippen LogP contribution in [-0.4, -0.2) is 15.9 Å². The smallest absolute Gasteiger partial charge is 0.257 e. The molecule has 0 bridgehead atoms. The summed E-state index contributed by atoms with van der Waals surface area (Å²) in [4.78, 5) is 21.3. The zero-order chi connectivity index (χ0) is 18.1. The van der Waals surface area contributed by atoms with Crippen LogP contribution < -0.4 is 5.32 Å². The van der Waals surface area contributed by atoms with Gasteiger partial charge in [0.1, 0.15) is 5.01 Å². The number of thiazole rings is 1. The average Bonchev–Trinajstić information content (AvgIpc) is 3.08. The van der Waals surface area contributed by atoms with E-state index < -0.39 is 0 Å². The fraction of sp³-hybridized carbons (Fsp3) is 0. The highest BCUT2D eigenvalue weighted by atomic mass is 79.9. The molecule has 0 saturated carbocycles. The second kappa shape index (κ2) is 7.26. The number of pyridine rings is 1. The van der Waals surface area contributed by atoms with Gasteiger partial charge in [-0.15, -0.1) is 11.3 Å². The maximum atomic E-state index is 12.6. The van der Waals surface area contributed by atoms with Crippen molar-refractivity contribution in [2.75, 3.05) is 5.32 Å². The summed E-state index contributed by atoms with van der Waals surface area (Å²) >= 11 is 8.67. The Hall–Kier alpha value is -2.09. The van der Waals surface area contributed by atoms with Gasteiger partial charge in [0.15, 0.2) is 0 Å². The van der Waals surface area contributed by atoms with Gasteiger partial charge in [-0.25, -0.2) is 4.98 Å². The highest BCUT2D eigenvalue weighted by molar-refractivity contribution is 9.11. The number of halogens is 2. The minimum Gasteiger partial charge on any atom is -0.320 e. The molecule has 0 aliphatic rings. The van der Waals surface area contributed by atoms with Crippen molar-refractivity contribution in [1.29, 1.82) is 0 Å². The van der Waals surface area contributed by atoms with Crippen LogP contribution in [0.1, 0.15) is 10.4 Å². The summed E-state index contributed by atoms with van der Waals surface area (Å²) in [6, 6.07) is 15.3. The van der Waals surface area contributed by atoms with Crippen LogP contribution in [0.3, 0.4) is 0 Å². The monoisotopic (exact) mass is 487 g/mol. The van der Waals surface area contributed by atoms with Crippen LogP contribution in [0.15, 0.2) is 69.9 Å². The number of carbonyl (C=O) groups excluding carboxylic acids is 1. The molecule has 4 aromatic rings. The van der Waals surface area contributed by atoms with Gasteiger partial charge < -0.3 is 5.32 Å². The number of nitrogens with one attached hydrogen (secondary N) is 1. The molecule has 0 aliphatic heterocycles. The molecule has 7 heteroatoms. The van der Waals surface area contributed by atoms with E-state index in [1.165, 1.54) is 0 Å². The van der Waals surface area contributed by atoms with Crippen molar-refractivity contribution in [1.82, 2.24) is 9.97 Å². The molecule has 4 rings (SSSR count). The van der Waals surface area contributed by atoms with Crippen molar-refractivity contribution in [2.45, 2.75) is 0 Å². The van der Waals surface area contributed by atoms with Crippen molar-refractivity contribution in [3.05, 3.63) is 75.4 Å². The summed E-state index contributed by atoms with van der Waals surface area (Å²) in [7, 11) is 0. The number of hydrogen-bond acceptors (Lipinski definition) is 4. The Morgan fingerprint density at radius 3 is 2.69 bits per heavy atom. The lowest BCUT2D eigenvalue weighted by molar-refractivity contribution is 0.102. The third-order valence-corrected chi connectivity index (χ3v) is 5.89. The largest absolute Gasteiger partial charge is 0.320 e. The van der Waals surface area contributed by atoms with Gasteiger partial charge in [0.2, 0.25) is 0 Å². The lowest BCUT2D eigenvalue weighted by Crippen LogP contribution is -2.13. The van der Waals surface area contributed by atoms with E-state index in [2.05, 4.69) is 42.2 Å². The maximum Gasteiger partial charge on any atom is 0.257 e. The molecule has 1 amide bonds. The predicted octanol–water partition coefficient (Wildman–Crippen LogP) is 6.14. The van der Waals surface area contributed by atoms with E-state index in [9.17, 15) is 4.79 Å². The lowest BCUT2D eigenvalue weighted by atomic mass is 10.1. The molecular formula is C19H11Br2N3OS. The number of fused-ring (bicyclic) bond motifs is 1. The number of nitrogens with zero attached hydrogens (tertiary/aromatic N) is 2. The van der Waals surface area contributed by atoms with E-state index in [0.29, 0.717) is 11.3 Å². The summed E-state index contributed by atoms with van der Waals surface area (Å²) < 4.78 is 2.78. The van der Waals surface area contributed by atoms with Crippen LogP contribution in [0.5, 0.6) is 0 Å². The molecule has 2 heterocycles. The van der Waals surface area contributed by atoms with Crippen LogP contribution in [0.2, 0.25) is 0 Å². The Morgan fingerprint density at radius 1 is 1.08 bits per heavy atom. The van der Waals surface area contributed by atoms with Crippen molar-refractivity contribution >= 4 is 65.0 Å². The Balaban J connectivity index is 1.80. The fourth-order valence-corrected chi connectivity index (χ4v) is 4.85. The predicted molar refractivity (Wildman–Crippen MR) is 113 cm³/mol. The van der Waals surface area contributed by atoms with E-state index in [0.717, 1.165) is 29.7 Å². The Labute approximate surface area is 170 Å². The van der Waals surface area contributed by atoms with E-state index in [1.807, 2.05) is 36.4 Å². The number of anilines is 1. The van der Waals surface area contributed by atoms with Gasteiger partial charge in [-0.2, -0.15) is 0 Å². The number of hydrogen-bond donors (Lipinski definition) is 1. The van der Waals surface area contributed by atoms with Gasteiger partial charge in [-0.1, -0.05) is 28.1 Å². The average molecular weight is 489 g/mol. The van der Waals surface area contributed by atoms with Gasteiger partial charge >= 0.3 is 0 Å². The van der Waals surface area contributed by atoms with E-state index in [1.54, 1.807) is 35.9 Å². The third kappa shape index (κ3) is 3.42.